The first-order valence-corrected chi connectivity index (χ1v) is 9.22. The van der Waals surface area contributed by atoms with Crippen LogP contribution in [0.3, 0.4) is 0 Å². The molecule has 0 spiro atoms. The molecule has 0 saturated heterocycles. The van der Waals surface area contributed by atoms with E-state index < -0.39 is 17.6 Å². The quantitative estimate of drug-likeness (QED) is 0.578. The molecule has 0 aliphatic heterocycles. The zero-order chi connectivity index (χ0) is 21.9. The van der Waals surface area contributed by atoms with Crippen LogP contribution in [0.25, 0.3) is 11.4 Å². The number of nitrogens with zero attached hydrogens (tertiary/aromatic N) is 2. The fourth-order valence-corrected chi connectivity index (χ4v) is 2.79. The van der Waals surface area contributed by atoms with E-state index in [0.717, 1.165) is 17.7 Å². The predicted octanol–water partition coefficient (Wildman–Crippen LogP) is 5.45. The highest BCUT2D eigenvalue weighted by Gasteiger charge is 2.30. The average molecular weight is 436 g/mol. The first kappa shape index (κ1) is 21.6. The monoisotopic (exact) mass is 435 g/mol. The zero-order valence-electron chi connectivity index (χ0n) is 16.0. The van der Waals surface area contributed by atoms with E-state index in [1.807, 2.05) is 0 Å². The first-order chi connectivity index (χ1) is 14.1. The number of alkyl halides is 3. The molecule has 0 unspecified atom stereocenters. The normalized spacial score (nSPS) is 11.3. The summed E-state index contributed by atoms with van der Waals surface area (Å²) in [6, 6.07) is 11.2. The number of aromatic nitrogens is 2. The molecule has 3 rings (SSSR count). The zero-order valence-corrected chi connectivity index (χ0v) is 16.8. The van der Waals surface area contributed by atoms with Crippen LogP contribution in [0.1, 0.15) is 16.8 Å². The minimum absolute atomic E-state index is 0.135. The van der Waals surface area contributed by atoms with Crippen molar-refractivity contribution >= 4 is 23.2 Å². The van der Waals surface area contributed by atoms with Crippen molar-refractivity contribution in [3.63, 3.8) is 0 Å². The van der Waals surface area contributed by atoms with Crippen molar-refractivity contribution in [3.05, 3.63) is 70.4 Å². The number of hydrogen-bond donors (Lipinski definition) is 1. The fraction of sp³-hybridized carbons (Fsp3) is 0.190. The van der Waals surface area contributed by atoms with Crippen molar-refractivity contribution in [3.8, 4) is 17.3 Å². The molecule has 1 N–H and O–H groups in total. The summed E-state index contributed by atoms with van der Waals surface area (Å²) < 4.78 is 43.7. The molecule has 9 heteroatoms. The number of aryl methyl sites for hydroxylation is 1. The summed E-state index contributed by atoms with van der Waals surface area (Å²) in [7, 11) is 0. The number of nitrogens with one attached hydrogen (secondary N) is 1. The summed E-state index contributed by atoms with van der Waals surface area (Å²) in [6.07, 6.45) is -4.42. The van der Waals surface area contributed by atoms with E-state index in [1.165, 1.54) is 18.2 Å². The van der Waals surface area contributed by atoms with Gasteiger partial charge in [-0.3, -0.25) is 4.79 Å². The molecule has 5 nitrogen and oxygen atoms in total. The molecule has 0 bridgehead atoms. The van der Waals surface area contributed by atoms with E-state index >= 15 is 0 Å². The molecule has 1 heterocycles. The lowest BCUT2D eigenvalue weighted by atomic mass is 10.1. The molecule has 0 atom stereocenters. The molecule has 1 amide bonds. The number of anilines is 1. The molecular weight excluding hydrogens is 419 g/mol. The van der Waals surface area contributed by atoms with Crippen LogP contribution in [-0.4, -0.2) is 22.5 Å². The van der Waals surface area contributed by atoms with Gasteiger partial charge < -0.3 is 10.1 Å². The van der Waals surface area contributed by atoms with Crippen molar-refractivity contribution in [1.82, 2.24) is 9.97 Å². The smallest absolute Gasteiger partial charge is 0.416 e. The third-order valence-corrected chi connectivity index (χ3v) is 4.60. The number of rotatable bonds is 5. The highest BCUT2D eigenvalue weighted by molar-refractivity contribution is 6.31. The van der Waals surface area contributed by atoms with Gasteiger partial charge in [0.05, 0.1) is 5.56 Å². The lowest BCUT2D eigenvalue weighted by Gasteiger charge is -2.11. The highest BCUT2D eigenvalue weighted by atomic mass is 35.5. The second kappa shape index (κ2) is 8.71. The van der Waals surface area contributed by atoms with Crippen LogP contribution >= 0.6 is 11.6 Å². The van der Waals surface area contributed by atoms with Gasteiger partial charge in [0.15, 0.2) is 12.4 Å². The Morgan fingerprint density at radius 3 is 2.47 bits per heavy atom. The molecule has 3 aromatic rings. The topological polar surface area (TPSA) is 64.1 Å². The Morgan fingerprint density at radius 2 is 1.80 bits per heavy atom. The first-order valence-electron chi connectivity index (χ1n) is 8.84. The van der Waals surface area contributed by atoms with Gasteiger partial charge in [-0.15, -0.1) is 0 Å². The summed E-state index contributed by atoms with van der Waals surface area (Å²) in [6.45, 7) is 3.16. The number of hydrogen-bond acceptors (Lipinski definition) is 4. The van der Waals surface area contributed by atoms with Crippen LogP contribution in [0.4, 0.5) is 18.9 Å². The van der Waals surface area contributed by atoms with Crippen molar-refractivity contribution in [1.29, 1.82) is 0 Å². The van der Waals surface area contributed by atoms with Gasteiger partial charge in [-0.05, 0) is 43.7 Å². The highest BCUT2D eigenvalue weighted by Crippen LogP contribution is 2.30. The van der Waals surface area contributed by atoms with E-state index in [2.05, 4.69) is 15.3 Å². The SMILES string of the molecule is Cc1cc(OCC(=O)Nc2cccc(Cl)c2C)nc(-c2ccc(C(F)(F)F)cc2)n1. The van der Waals surface area contributed by atoms with Crippen molar-refractivity contribution in [2.75, 3.05) is 11.9 Å². The standard InChI is InChI=1S/C21H17ClF3N3O2/c1-12-10-19(30-11-18(29)27-17-5-3-4-16(22)13(17)2)28-20(26-12)14-6-8-15(9-7-14)21(23,24)25/h3-10H,11H2,1-2H3,(H,27,29). The number of benzene rings is 2. The Balaban J connectivity index is 1.71. The van der Waals surface area contributed by atoms with E-state index in [4.69, 9.17) is 16.3 Å². The van der Waals surface area contributed by atoms with Gasteiger partial charge in [0.1, 0.15) is 0 Å². The second-order valence-electron chi connectivity index (χ2n) is 6.50. The van der Waals surface area contributed by atoms with Crippen LogP contribution in [0, 0.1) is 13.8 Å². The molecule has 1 aromatic heterocycles. The molecular formula is C21H17ClF3N3O2. The summed E-state index contributed by atoms with van der Waals surface area (Å²) in [5.41, 5.74) is 1.48. The van der Waals surface area contributed by atoms with E-state index in [9.17, 15) is 18.0 Å². The molecule has 0 aliphatic rings. The fourth-order valence-electron chi connectivity index (χ4n) is 2.62. The molecule has 30 heavy (non-hydrogen) atoms. The van der Waals surface area contributed by atoms with Crippen LogP contribution in [0.15, 0.2) is 48.5 Å². The van der Waals surface area contributed by atoms with Crippen LogP contribution in [-0.2, 0) is 11.0 Å². The Kier molecular flexibility index (Phi) is 6.26. The molecule has 0 saturated carbocycles. The summed E-state index contributed by atoms with van der Waals surface area (Å²) >= 11 is 6.04. The Morgan fingerprint density at radius 1 is 1.10 bits per heavy atom. The third kappa shape index (κ3) is 5.27. The van der Waals surface area contributed by atoms with E-state index in [-0.39, 0.29) is 18.3 Å². The Hall–Kier alpha value is -3.13. The Labute approximate surface area is 175 Å². The number of amides is 1. The lowest BCUT2D eigenvalue weighted by molar-refractivity contribution is -0.137. The Bertz CT molecular complexity index is 1070. The largest absolute Gasteiger partial charge is 0.467 e. The van der Waals surface area contributed by atoms with Gasteiger partial charge in [0.2, 0.25) is 5.88 Å². The van der Waals surface area contributed by atoms with Crippen molar-refractivity contribution in [2.24, 2.45) is 0 Å². The van der Waals surface area contributed by atoms with Gasteiger partial charge in [-0.1, -0.05) is 29.8 Å². The number of ether oxygens (including phenoxy) is 1. The minimum atomic E-state index is -4.42. The average Bonchev–Trinajstić information content (AvgIpc) is 2.69. The second-order valence-corrected chi connectivity index (χ2v) is 6.90. The van der Waals surface area contributed by atoms with Gasteiger partial charge in [0.25, 0.3) is 5.91 Å². The summed E-state index contributed by atoms with van der Waals surface area (Å²) in [5.74, 6) is -0.0760. The van der Waals surface area contributed by atoms with Crippen molar-refractivity contribution in [2.45, 2.75) is 20.0 Å². The summed E-state index contributed by atoms with van der Waals surface area (Å²) in [5, 5.41) is 3.23. The number of halogens is 4. The van der Waals surface area contributed by atoms with Crippen LogP contribution in [0.5, 0.6) is 5.88 Å². The van der Waals surface area contributed by atoms with Gasteiger partial charge in [-0.2, -0.15) is 18.2 Å². The van der Waals surface area contributed by atoms with E-state index in [0.29, 0.717) is 22.0 Å². The lowest BCUT2D eigenvalue weighted by Crippen LogP contribution is -2.21. The van der Waals surface area contributed by atoms with E-state index in [1.54, 1.807) is 32.0 Å². The number of carbonyl (C=O) groups excluding carboxylic acids is 1. The third-order valence-electron chi connectivity index (χ3n) is 4.19. The number of carbonyl (C=O) groups is 1. The predicted molar refractivity (Wildman–Crippen MR) is 108 cm³/mol. The molecule has 0 radical (unpaired) electrons. The van der Waals surface area contributed by atoms with Crippen LogP contribution in [0.2, 0.25) is 5.02 Å². The molecule has 2 aromatic carbocycles. The molecule has 0 fully saturated rings. The maximum Gasteiger partial charge on any atom is 0.416 e. The summed E-state index contributed by atoms with van der Waals surface area (Å²) in [4.78, 5) is 20.6. The van der Waals surface area contributed by atoms with Crippen LogP contribution < -0.4 is 10.1 Å². The maximum atomic E-state index is 12.7. The molecule has 156 valence electrons. The van der Waals surface area contributed by atoms with Gasteiger partial charge in [-0.25, -0.2) is 4.98 Å². The molecule has 0 aliphatic carbocycles. The maximum absolute atomic E-state index is 12.7. The minimum Gasteiger partial charge on any atom is -0.467 e. The van der Waals surface area contributed by atoms with Gasteiger partial charge >= 0.3 is 6.18 Å². The van der Waals surface area contributed by atoms with Crippen molar-refractivity contribution < 1.29 is 22.7 Å². The van der Waals surface area contributed by atoms with Gasteiger partial charge in [0, 0.05) is 28.0 Å².